The van der Waals surface area contributed by atoms with Crippen molar-refractivity contribution in [2.24, 2.45) is 0 Å². The SMILES string of the molecule is c1csc(C2CNc3c(ccc4ccccc34)S2)c1. The molecule has 0 amide bonds. The van der Waals surface area contributed by atoms with E-state index in [4.69, 9.17) is 0 Å². The zero-order valence-electron chi connectivity index (χ0n) is 10.3. The first-order chi connectivity index (χ1) is 9.42. The average Bonchev–Trinajstić information content (AvgIpc) is 3.01. The van der Waals surface area contributed by atoms with E-state index in [1.807, 2.05) is 23.1 Å². The van der Waals surface area contributed by atoms with Gasteiger partial charge < -0.3 is 5.32 Å². The predicted molar refractivity (Wildman–Crippen MR) is 85.4 cm³/mol. The Kier molecular flexibility index (Phi) is 2.75. The highest BCUT2D eigenvalue weighted by Crippen LogP contribution is 2.46. The van der Waals surface area contributed by atoms with Gasteiger partial charge in [0.25, 0.3) is 0 Å². The van der Waals surface area contributed by atoms with Crippen LogP contribution in [0.3, 0.4) is 0 Å². The molecule has 1 aliphatic heterocycles. The van der Waals surface area contributed by atoms with Gasteiger partial charge >= 0.3 is 0 Å². The summed E-state index contributed by atoms with van der Waals surface area (Å²) in [5.41, 5.74) is 1.30. The molecule has 1 N–H and O–H groups in total. The maximum absolute atomic E-state index is 3.63. The minimum atomic E-state index is 0.536. The molecule has 0 spiro atoms. The third-order valence-corrected chi connectivity index (χ3v) is 5.92. The monoisotopic (exact) mass is 283 g/mol. The molecular weight excluding hydrogens is 270 g/mol. The Balaban J connectivity index is 1.78. The van der Waals surface area contributed by atoms with Gasteiger partial charge in [-0.2, -0.15) is 0 Å². The number of hydrogen-bond acceptors (Lipinski definition) is 3. The highest BCUT2D eigenvalue weighted by atomic mass is 32.2. The van der Waals surface area contributed by atoms with Crippen LogP contribution < -0.4 is 5.32 Å². The van der Waals surface area contributed by atoms with E-state index in [0.29, 0.717) is 5.25 Å². The zero-order chi connectivity index (χ0) is 12.7. The average molecular weight is 283 g/mol. The number of nitrogens with one attached hydrogen (secondary N) is 1. The summed E-state index contributed by atoms with van der Waals surface area (Å²) in [7, 11) is 0. The normalized spacial score (nSPS) is 18.0. The molecule has 1 aliphatic rings. The molecule has 19 heavy (non-hydrogen) atoms. The van der Waals surface area contributed by atoms with E-state index in [9.17, 15) is 0 Å². The van der Waals surface area contributed by atoms with Gasteiger partial charge in [-0.25, -0.2) is 0 Å². The van der Waals surface area contributed by atoms with Gasteiger partial charge in [0.2, 0.25) is 0 Å². The smallest absolute Gasteiger partial charge is 0.0611 e. The van der Waals surface area contributed by atoms with E-state index in [2.05, 4.69) is 59.2 Å². The van der Waals surface area contributed by atoms with Crippen LogP contribution in [0, 0.1) is 0 Å². The van der Waals surface area contributed by atoms with Crippen LogP contribution in [0.25, 0.3) is 10.8 Å². The molecule has 0 saturated carbocycles. The molecule has 2 aromatic carbocycles. The summed E-state index contributed by atoms with van der Waals surface area (Å²) in [6.07, 6.45) is 0. The minimum absolute atomic E-state index is 0.536. The Labute approximate surface area is 120 Å². The first kappa shape index (κ1) is 11.4. The fourth-order valence-electron chi connectivity index (χ4n) is 2.55. The third kappa shape index (κ3) is 1.94. The summed E-state index contributed by atoms with van der Waals surface area (Å²) in [5, 5.41) is 8.96. The summed E-state index contributed by atoms with van der Waals surface area (Å²) >= 11 is 3.82. The van der Waals surface area contributed by atoms with E-state index in [1.54, 1.807) is 0 Å². The van der Waals surface area contributed by atoms with E-state index < -0.39 is 0 Å². The van der Waals surface area contributed by atoms with Gasteiger partial charge in [-0.15, -0.1) is 23.1 Å². The molecule has 1 atom stereocenters. The minimum Gasteiger partial charge on any atom is -0.382 e. The summed E-state index contributed by atoms with van der Waals surface area (Å²) in [6, 6.07) is 17.4. The number of anilines is 1. The lowest BCUT2D eigenvalue weighted by Crippen LogP contribution is -2.14. The van der Waals surface area contributed by atoms with Crippen molar-refractivity contribution < 1.29 is 0 Å². The molecule has 0 fully saturated rings. The highest BCUT2D eigenvalue weighted by Gasteiger charge is 2.22. The third-order valence-electron chi connectivity index (χ3n) is 3.48. The largest absolute Gasteiger partial charge is 0.382 e. The Morgan fingerprint density at radius 3 is 2.84 bits per heavy atom. The molecule has 94 valence electrons. The van der Waals surface area contributed by atoms with Crippen molar-refractivity contribution >= 4 is 39.6 Å². The van der Waals surface area contributed by atoms with Gasteiger partial charge in [-0.05, 0) is 22.9 Å². The molecule has 1 aromatic heterocycles. The number of hydrogen-bond donors (Lipinski definition) is 1. The molecule has 0 aliphatic carbocycles. The summed E-state index contributed by atoms with van der Waals surface area (Å²) < 4.78 is 0. The van der Waals surface area contributed by atoms with Crippen LogP contribution in [-0.4, -0.2) is 6.54 Å². The van der Waals surface area contributed by atoms with E-state index in [1.165, 1.54) is 26.2 Å². The van der Waals surface area contributed by atoms with Gasteiger partial charge in [0.1, 0.15) is 0 Å². The number of benzene rings is 2. The second-order valence-electron chi connectivity index (χ2n) is 4.66. The summed E-state index contributed by atoms with van der Waals surface area (Å²) in [4.78, 5) is 2.82. The molecule has 0 radical (unpaired) electrons. The fourth-order valence-corrected chi connectivity index (χ4v) is 4.69. The van der Waals surface area contributed by atoms with Crippen molar-refractivity contribution in [2.45, 2.75) is 10.1 Å². The van der Waals surface area contributed by atoms with Crippen LogP contribution in [0.4, 0.5) is 5.69 Å². The number of thiophene rings is 1. The van der Waals surface area contributed by atoms with Gasteiger partial charge in [-0.1, -0.05) is 36.4 Å². The lowest BCUT2D eigenvalue weighted by Gasteiger charge is -2.26. The van der Waals surface area contributed by atoms with Crippen molar-refractivity contribution in [3.05, 3.63) is 58.8 Å². The van der Waals surface area contributed by atoms with E-state index in [-0.39, 0.29) is 0 Å². The molecule has 1 nitrogen and oxygen atoms in total. The maximum Gasteiger partial charge on any atom is 0.0611 e. The number of rotatable bonds is 1. The van der Waals surface area contributed by atoms with Crippen molar-refractivity contribution in [1.82, 2.24) is 0 Å². The molecular formula is C16H13NS2. The number of fused-ring (bicyclic) bond motifs is 3. The summed E-state index contributed by atoms with van der Waals surface area (Å²) in [5.74, 6) is 0. The van der Waals surface area contributed by atoms with Crippen LogP contribution in [-0.2, 0) is 0 Å². The first-order valence-corrected chi connectivity index (χ1v) is 8.13. The van der Waals surface area contributed by atoms with Crippen molar-refractivity contribution in [2.75, 3.05) is 11.9 Å². The lowest BCUT2D eigenvalue weighted by atomic mass is 10.1. The van der Waals surface area contributed by atoms with Gasteiger partial charge in [-0.3, -0.25) is 0 Å². The molecule has 0 saturated heterocycles. The second kappa shape index (κ2) is 4.58. The Morgan fingerprint density at radius 2 is 1.95 bits per heavy atom. The van der Waals surface area contributed by atoms with E-state index >= 15 is 0 Å². The molecule has 0 bridgehead atoms. The Morgan fingerprint density at radius 1 is 1.00 bits per heavy atom. The van der Waals surface area contributed by atoms with Crippen LogP contribution >= 0.6 is 23.1 Å². The fraction of sp³-hybridized carbons (Fsp3) is 0.125. The summed E-state index contributed by atoms with van der Waals surface area (Å²) in [6.45, 7) is 1.01. The van der Waals surface area contributed by atoms with Crippen molar-refractivity contribution in [3.8, 4) is 0 Å². The molecule has 1 unspecified atom stereocenters. The van der Waals surface area contributed by atoms with Crippen LogP contribution in [0.15, 0.2) is 58.8 Å². The molecule has 3 aromatic rings. The van der Waals surface area contributed by atoms with E-state index in [0.717, 1.165) is 6.54 Å². The lowest BCUT2D eigenvalue weighted by molar-refractivity contribution is 0.989. The zero-order valence-corrected chi connectivity index (χ0v) is 11.9. The predicted octanol–water partition coefficient (Wildman–Crippen LogP) is 5.16. The standard InChI is InChI=1S/C16H13NS2/c1-2-5-12-11(4-1)7-8-14-16(12)17-10-15(19-14)13-6-3-9-18-13/h1-9,15,17H,10H2. The molecule has 3 heteroatoms. The molecule has 4 rings (SSSR count). The van der Waals surface area contributed by atoms with Gasteiger partial charge in [0.05, 0.1) is 10.9 Å². The van der Waals surface area contributed by atoms with Crippen LogP contribution in [0.1, 0.15) is 10.1 Å². The Bertz CT molecular complexity index is 719. The number of thioether (sulfide) groups is 1. The van der Waals surface area contributed by atoms with Gasteiger partial charge in [0, 0.05) is 21.7 Å². The van der Waals surface area contributed by atoms with Gasteiger partial charge in [0.15, 0.2) is 0 Å². The van der Waals surface area contributed by atoms with Crippen LogP contribution in [0.2, 0.25) is 0 Å². The maximum atomic E-state index is 3.63. The highest BCUT2D eigenvalue weighted by molar-refractivity contribution is 8.00. The first-order valence-electron chi connectivity index (χ1n) is 6.37. The topological polar surface area (TPSA) is 12.0 Å². The quantitative estimate of drug-likeness (QED) is 0.662. The Hall–Kier alpha value is -1.45. The second-order valence-corrected chi connectivity index (χ2v) is 6.89. The van der Waals surface area contributed by atoms with Crippen LogP contribution in [0.5, 0.6) is 0 Å². The molecule has 2 heterocycles. The van der Waals surface area contributed by atoms with Crippen molar-refractivity contribution in [1.29, 1.82) is 0 Å². The van der Waals surface area contributed by atoms with Crippen molar-refractivity contribution in [3.63, 3.8) is 0 Å².